The van der Waals surface area contributed by atoms with E-state index in [1.165, 1.54) is 0 Å². The molecule has 0 aliphatic carbocycles. The Hall–Kier alpha value is -1.80. The minimum Gasteiger partial charge on any atom is -0.496 e. The normalized spacial score (nSPS) is 10.5. The van der Waals surface area contributed by atoms with Crippen molar-refractivity contribution in [1.29, 1.82) is 0 Å². The van der Waals surface area contributed by atoms with Crippen molar-refractivity contribution in [2.45, 2.75) is 0 Å². The van der Waals surface area contributed by atoms with Crippen LogP contribution in [0.25, 0.3) is 0 Å². The van der Waals surface area contributed by atoms with Gasteiger partial charge in [-0.1, -0.05) is 48.5 Å². The molecule has 2 aromatic carbocycles. The highest BCUT2D eigenvalue weighted by atomic mass is 16.5. The summed E-state index contributed by atoms with van der Waals surface area (Å²) in [5.41, 5.74) is 2.00. The summed E-state index contributed by atoms with van der Waals surface area (Å²) in [4.78, 5) is 0. The lowest BCUT2D eigenvalue weighted by atomic mass is 10.0. The second-order valence-electron chi connectivity index (χ2n) is 3.60. The fraction of sp³-hybridized carbons (Fsp3) is 0.133. The molecule has 2 rings (SSSR count). The molecule has 2 heteroatoms. The SMILES string of the molecule is CO[C](c1ccccc1)c1ccccc1OC. The van der Waals surface area contributed by atoms with Crippen molar-refractivity contribution in [1.82, 2.24) is 0 Å². The fourth-order valence-corrected chi connectivity index (χ4v) is 1.81. The third kappa shape index (κ3) is 2.48. The standard InChI is InChI=1S/C15H15O2/c1-16-14-11-7-6-10-13(14)15(17-2)12-8-4-3-5-9-12/h3-11H,1-2H3. The largest absolute Gasteiger partial charge is 0.496 e. The molecule has 0 N–H and O–H groups in total. The monoisotopic (exact) mass is 227 g/mol. The maximum absolute atomic E-state index is 5.50. The molecule has 17 heavy (non-hydrogen) atoms. The fourth-order valence-electron chi connectivity index (χ4n) is 1.81. The highest BCUT2D eigenvalue weighted by Crippen LogP contribution is 2.31. The summed E-state index contributed by atoms with van der Waals surface area (Å²) in [6, 6.07) is 17.8. The minimum absolute atomic E-state index is 0.813. The van der Waals surface area contributed by atoms with Gasteiger partial charge in [-0.3, -0.25) is 0 Å². The van der Waals surface area contributed by atoms with Crippen molar-refractivity contribution in [3.05, 3.63) is 71.8 Å². The Balaban J connectivity index is 2.42. The van der Waals surface area contributed by atoms with Gasteiger partial charge in [-0.25, -0.2) is 0 Å². The van der Waals surface area contributed by atoms with E-state index >= 15 is 0 Å². The van der Waals surface area contributed by atoms with Crippen molar-refractivity contribution < 1.29 is 9.47 Å². The molecule has 0 aliphatic heterocycles. The van der Waals surface area contributed by atoms with Gasteiger partial charge in [-0.15, -0.1) is 0 Å². The topological polar surface area (TPSA) is 18.5 Å². The van der Waals surface area contributed by atoms with Crippen LogP contribution < -0.4 is 4.74 Å². The van der Waals surface area contributed by atoms with E-state index in [0.717, 1.165) is 23.0 Å². The number of para-hydroxylation sites is 1. The Bertz CT molecular complexity index is 465. The van der Waals surface area contributed by atoms with Crippen molar-refractivity contribution >= 4 is 0 Å². The molecule has 1 radical (unpaired) electrons. The van der Waals surface area contributed by atoms with Crippen LogP contribution in [0, 0.1) is 6.10 Å². The zero-order chi connectivity index (χ0) is 12.1. The molecule has 0 aliphatic rings. The molecule has 0 heterocycles. The summed E-state index contributed by atoms with van der Waals surface area (Å²) in [5.74, 6) is 0.813. The summed E-state index contributed by atoms with van der Waals surface area (Å²) in [6.07, 6.45) is 0.822. The average Bonchev–Trinajstić information content (AvgIpc) is 2.41. The van der Waals surface area contributed by atoms with Crippen LogP contribution in [0.5, 0.6) is 5.75 Å². The summed E-state index contributed by atoms with van der Waals surface area (Å²) < 4.78 is 10.9. The molecule has 0 atom stereocenters. The van der Waals surface area contributed by atoms with E-state index in [-0.39, 0.29) is 0 Å². The van der Waals surface area contributed by atoms with E-state index in [1.54, 1.807) is 14.2 Å². The molecule has 0 saturated heterocycles. The Kier molecular flexibility index (Phi) is 3.78. The molecule has 0 bridgehead atoms. The quantitative estimate of drug-likeness (QED) is 0.798. The molecule has 0 spiro atoms. The van der Waals surface area contributed by atoms with Crippen molar-refractivity contribution in [2.24, 2.45) is 0 Å². The van der Waals surface area contributed by atoms with Crippen LogP contribution in [-0.2, 0) is 4.74 Å². The van der Waals surface area contributed by atoms with Crippen molar-refractivity contribution in [3.63, 3.8) is 0 Å². The van der Waals surface area contributed by atoms with Gasteiger partial charge in [0.2, 0.25) is 0 Å². The zero-order valence-electron chi connectivity index (χ0n) is 10.0. The Labute approximate surface area is 102 Å². The zero-order valence-corrected chi connectivity index (χ0v) is 10.0. The second kappa shape index (κ2) is 5.51. The number of methoxy groups -OCH3 is 2. The first kappa shape index (κ1) is 11.7. The maximum atomic E-state index is 5.50. The highest BCUT2D eigenvalue weighted by molar-refractivity contribution is 5.49. The van der Waals surface area contributed by atoms with Crippen LogP contribution >= 0.6 is 0 Å². The number of hydrogen-bond acceptors (Lipinski definition) is 2. The van der Waals surface area contributed by atoms with Gasteiger partial charge in [0.1, 0.15) is 5.75 Å². The van der Waals surface area contributed by atoms with E-state index < -0.39 is 0 Å². The molecule has 0 fully saturated rings. The lowest BCUT2D eigenvalue weighted by Crippen LogP contribution is -2.06. The van der Waals surface area contributed by atoms with Gasteiger partial charge in [-0.05, 0) is 11.6 Å². The lowest BCUT2D eigenvalue weighted by Gasteiger charge is -2.17. The minimum atomic E-state index is 0.813. The van der Waals surface area contributed by atoms with Crippen LogP contribution in [0.4, 0.5) is 0 Å². The van der Waals surface area contributed by atoms with Crippen molar-refractivity contribution in [3.8, 4) is 5.75 Å². The van der Waals surface area contributed by atoms with Gasteiger partial charge in [0.15, 0.2) is 6.10 Å². The highest BCUT2D eigenvalue weighted by Gasteiger charge is 2.18. The summed E-state index contributed by atoms with van der Waals surface area (Å²) in [6.45, 7) is 0. The third-order valence-electron chi connectivity index (χ3n) is 2.59. The van der Waals surface area contributed by atoms with Crippen LogP contribution in [-0.4, -0.2) is 14.2 Å². The summed E-state index contributed by atoms with van der Waals surface area (Å²) in [7, 11) is 3.34. The van der Waals surface area contributed by atoms with Crippen LogP contribution in [0.1, 0.15) is 11.1 Å². The number of hydrogen-bond donors (Lipinski definition) is 0. The van der Waals surface area contributed by atoms with Gasteiger partial charge in [0, 0.05) is 12.7 Å². The molecule has 87 valence electrons. The molecule has 2 nitrogen and oxygen atoms in total. The molecule has 0 amide bonds. The van der Waals surface area contributed by atoms with E-state index in [1.807, 2.05) is 54.6 Å². The van der Waals surface area contributed by atoms with Crippen LogP contribution in [0.3, 0.4) is 0 Å². The van der Waals surface area contributed by atoms with Crippen LogP contribution in [0.2, 0.25) is 0 Å². The first-order chi connectivity index (χ1) is 8.36. The number of ether oxygens (including phenoxy) is 2. The average molecular weight is 227 g/mol. The van der Waals surface area contributed by atoms with Gasteiger partial charge < -0.3 is 9.47 Å². The second-order valence-corrected chi connectivity index (χ2v) is 3.60. The van der Waals surface area contributed by atoms with E-state index in [2.05, 4.69) is 0 Å². The molecule has 2 aromatic rings. The van der Waals surface area contributed by atoms with Gasteiger partial charge >= 0.3 is 0 Å². The van der Waals surface area contributed by atoms with Crippen LogP contribution in [0.15, 0.2) is 54.6 Å². The lowest BCUT2D eigenvalue weighted by molar-refractivity contribution is 0.244. The van der Waals surface area contributed by atoms with Gasteiger partial charge in [0.05, 0.1) is 7.11 Å². The summed E-state index contributed by atoms with van der Waals surface area (Å²) in [5, 5.41) is 0. The van der Waals surface area contributed by atoms with Gasteiger partial charge in [0.25, 0.3) is 0 Å². The predicted octanol–water partition coefficient (Wildman–Crippen LogP) is 3.27. The molecule has 0 aromatic heterocycles. The van der Waals surface area contributed by atoms with E-state index in [0.29, 0.717) is 0 Å². The maximum Gasteiger partial charge on any atom is 0.159 e. The third-order valence-corrected chi connectivity index (χ3v) is 2.59. The predicted molar refractivity (Wildman–Crippen MR) is 67.9 cm³/mol. The smallest absolute Gasteiger partial charge is 0.159 e. The first-order valence-corrected chi connectivity index (χ1v) is 5.46. The number of benzene rings is 2. The molecular weight excluding hydrogens is 212 g/mol. The molecule has 0 saturated carbocycles. The summed E-state index contributed by atoms with van der Waals surface area (Å²) >= 11 is 0. The van der Waals surface area contributed by atoms with E-state index in [4.69, 9.17) is 9.47 Å². The van der Waals surface area contributed by atoms with Gasteiger partial charge in [-0.2, -0.15) is 0 Å². The van der Waals surface area contributed by atoms with E-state index in [9.17, 15) is 0 Å². The first-order valence-electron chi connectivity index (χ1n) is 5.46. The Morgan fingerprint density at radius 1 is 0.824 bits per heavy atom. The van der Waals surface area contributed by atoms with Crippen molar-refractivity contribution in [2.75, 3.05) is 14.2 Å². The molecular formula is C15H15O2. The Morgan fingerprint density at radius 3 is 2.12 bits per heavy atom. The number of rotatable bonds is 4. The Morgan fingerprint density at radius 2 is 1.47 bits per heavy atom. The molecule has 0 unspecified atom stereocenters.